The highest BCUT2D eigenvalue weighted by Gasteiger charge is 2.57. The summed E-state index contributed by atoms with van der Waals surface area (Å²) in [4.78, 5) is 11.6. The molecule has 0 aliphatic carbocycles. The molecule has 0 aromatic heterocycles. The molecule has 5 heteroatoms. The van der Waals surface area contributed by atoms with Crippen LogP contribution < -0.4 is 5.32 Å². The lowest BCUT2D eigenvalue weighted by Gasteiger charge is -2.20. The van der Waals surface area contributed by atoms with Crippen molar-refractivity contribution >= 4 is 17.7 Å². The normalized spacial score (nSPS) is 35.7. The van der Waals surface area contributed by atoms with Crippen molar-refractivity contribution in [3.05, 3.63) is 35.9 Å². The molecule has 2 aliphatic heterocycles. The number of fused-ring (bicyclic) bond motifs is 1. The zero-order valence-electron chi connectivity index (χ0n) is 9.13. The van der Waals surface area contributed by atoms with Gasteiger partial charge in [0.15, 0.2) is 0 Å². The average molecular weight is 251 g/mol. The quantitative estimate of drug-likeness (QED) is 0.757. The molecule has 17 heavy (non-hydrogen) atoms. The van der Waals surface area contributed by atoms with E-state index in [1.807, 2.05) is 30.3 Å². The standard InChI is InChI=1S/C12H13NO3S/c14-6-12-7-16-11(15)9(12)13-10(17-12)8-4-2-1-3-5-8/h1-5,9-10,13-14H,6-7H2/t9-,10-,12+/m1/s1. The number of aliphatic hydroxyl groups is 1. The summed E-state index contributed by atoms with van der Waals surface area (Å²) in [5.41, 5.74) is 1.12. The second kappa shape index (κ2) is 4.01. The topological polar surface area (TPSA) is 58.6 Å². The summed E-state index contributed by atoms with van der Waals surface area (Å²) in [6.07, 6.45) is 0. The minimum absolute atomic E-state index is 0.0428. The molecule has 2 saturated heterocycles. The van der Waals surface area contributed by atoms with Gasteiger partial charge in [0.05, 0.1) is 12.0 Å². The number of ether oxygens (including phenoxy) is 1. The monoisotopic (exact) mass is 251 g/mol. The number of hydrogen-bond donors (Lipinski definition) is 2. The molecule has 1 aromatic carbocycles. The van der Waals surface area contributed by atoms with Crippen LogP contribution >= 0.6 is 11.8 Å². The molecule has 0 radical (unpaired) electrons. The number of cyclic esters (lactones) is 1. The van der Waals surface area contributed by atoms with Crippen molar-refractivity contribution in [1.29, 1.82) is 0 Å². The van der Waals surface area contributed by atoms with Crippen LogP contribution in [-0.4, -0.2) is 35.1 Å². The highest BCUT2D eigenvalue weighted by molar-refractivity contribution is 8.01. The Morgan fingerprint density at radius 3 is 2.88 bits per heavy atom. The van der Waals surface area contributed by atoms with E-state index in [0.29, 0.717) is 0 Å². The molecule has 0 bridgehead atoms. The maximum absolute atomic E-state index is 11.6. The molecule has 2 heterocycles. The zero-order chi connectivity index (χ0) is 11.9. The highest BCUT2D eigenvalue weighted by Crippen LogP contribution is 2.48. The van der Waals surface area contributed by atoms with Crippen molar-refractivity contribution in [2.45, 2.75) is 16.2 Å². The fourth-order valence-corrected chi connectivity index (χ4v) is 3.75. The van der Waals surface area contributed by atoms with Crippen LogP contribution in [0.25, 0.3) is 0 Å². The number of carbonyl (C=O) groups is 1. The summed E-state index contributed by atoms with van der Waals surface area (Å²) in [7, 11) is 0. The Bertz CT molecular complexity index is 439. The van der Waals surface area contributed by atoms with Gasteiger partial charge in [0, 0.05) is 0 Å². The largest absolute Gasteiger partial charge is 0.463 e. The van der Waals surface area contributed by atoms with E-state index in [4.69, 9.17) is 4.74 Å². The molecule has 0 spiro atoms. The molecule has 3 rings (SSSR count). The number of benzene rings is 1. The lowest BCUT2D eigenvalue weighted by molar-refractivity contribution is -0.139. The van der Waals surface area contributed by atoms with Crippen LogP contribution in [-0.2, 0) is 9.53 Å². The lowest BCUT2D eigenvalue weighted by atomic mass is 10.0. The fourth-order valence-electron chi connectivity index (χ4n) is 2.28. The molecule has 2 fully saturated rings. The maximum atomic E-state index is 11.6. The zero-order valence-corrected chi connectivity index (χ0v) is 9.94. The Morgan fingerprint density at radius 1 is 1.47 bits per heavy atom. The van der Waals surface area contributed by atoms with Gasteiger partial charge in [-0.05, 0) is 5.56 Å². The Morgan fingerprint density at radius 2 is 2.24 bits per heavy atom. The van der Waals surface area contributed by atoms with Crippen molar-refractivity contribution < 1.29 is 14.6 Å². The van der Waals surface area contributed by atoms with Crippen molar-refractivity contribution in [3.63, 3.8) is 0 Å². The van der Waals surface area contributed by atoms with Gasteiger partial charge in [0.2, 0.25) is 0 Å². The Kier molecular flexibility index (Phi) is 2.61. The molecule has 2 aliphatic rings. The number of rotatable bonds is 2. The number of esters is 1. The van der Waals surface area contributed by atoms with E-state index in [0.717, 1.165) is 5.56 Å². The van der Waals surface area contributed by atoms with Crippen LogP contribution in [0.4, 0.5) is 0 Å². The molecule has 3 atom stereocenters. The molecule has 4 nitrogen and oxygen atoms in total. The van der Waals surface area contributed by atoms with Crippen LogP contribution in [0.2, 0.25) is 0 Å². The average Bonchev–Trinajstić information content (AvgIpc) is 2.89. The van der Waals surface area contributed by atoms with E-state index < -0.39 is 10.8 Å². The van der Waals surface area contributed by atoms with Gasteiger partial charge in [0.25, 0.3) is 0 Å². The molecule has 2 N–H and O–H groups in total. The summed E-state index contributed by atoms with van der Waals surface area (Å²) in [6.45, 7) is 0.235. The van der Waals surface area contributed by atoms with Crippen LogP contribution in [0.5, 0.6) is 0 Å². The van der Waals surface area contributed by atoms with E-state index in [2.05, 4.69) is 5.32 Å². The third kappa shape index (κ3) is 1.66. The van der Waals surface area contributed by atoms with E-state index in [9.17, 15) is 9.90 Å². The van der Waals surface area contributed by atoms with E-state index >= 15 is 0 Å². The van der Waals surface area contributed by atoms with Gasteiger partial charge in [-0.2, -0.15) is 0 Å². The third-order valence-corrected chi connectivity index (χ3v) is 4.86. The Balaban J connectivity index is 1.88. The number of nitrogens with one attached hydrogen (secondary N) is 1. The lowest BCUT2D eigenvalue weighted by Crippen LogP contribution is -2.44. The van der Waals surface area contributed by atoms with Gasteiger partial charge in [-0.15, -0.1) is 11.8 Å². The highest BCUT2D eigenvalue weighted by atomic mass is 32.2. The van der Waals surface area contributed by atoms with E-state index in [1.165, 1.54) is 0 Å². The fraction of sp³-hybridized carbons (Fsp3) is 0.417. The SMILES string of the molecule is O=C1OC[C@]2(CO)S[C@H](c3ccccc3)N[C@H]12. The smallest absolute Gasteiger partial charge is 0.324 e. The van der Waals surface area contributed by atoms with Crippen LogP contribution in [0.3, 0.4) is 0 Å². The summed E-state index contributed by atoms with van der Waals surface area (Å²) < 4.78 is 4.50. The predicted octanol–water partition coefficient (Wildman–Crippen LogP) is 0.678. The van der Waals surface area contributed by atoms with E-state index in [1.54, 1.807) is 11.8 Å². The van der Waals surface area contributed by atoms with Gasteiger partial charge < -0.3 is 9.84 Å². The molecular formula is C12H13NO3S. The summed E-state index contributed by atoms with van der Waals surface area (Å²) in [5.74, 6) is -0.259. The van der Waals surface area contributed by atoms with Gasteiger partial charge in [-0.1, -0.05) is 30.3 Å². The van der Waals surface area contributed by atoms with Crippen LogP contribution in [0.1, 0.15) is 10.9 Å². The second-order valence-corrected chi connectivity index (χ2v) is 5.86. The van der Waals surface area contributed by atoms with Crippen molar-refractivity contribution in [2.75, 3.05) is 13.2 Å². The first-order valence-electron chi connectivity index (χ1n) is 5.51. The molecular weight excluding hydrogens is 238 g/mol. The minimum atomic E-state index is -0.516. The molecule has 90 valence electrons. The van der Waals surface area contributed by atoms with Crippen molar-refractivity contribution in [3.8, 4) is 0 Å². The number of aliphatic hydroxyl groups excluding tert-OH is 1. The molecule has 0 amide bonds. The summed E-state index contributed by atoms with van der Waals surface area (Å²) in [5, 5.41) is 12.8. The number of thioether (sulfide) groups is 1. The third-order valence-electron chi connectivity index (χ3n) is 3.26. The van der Waals surface area contributed by atoms with Gasteiger partial charge in [-0.3, -0.25) is 10.1 Å². The van der Waals surface area contributed by atoms with Crippen molar-refractivity contribution in [2.24, 2.45) is 0 Å². The van der Waals surface area contributed by atoms with Crippen LogP contribution in [0.15, 0.2) is 30.3 Å². The maximum Gasteiger partial charge on any atom is 0.324 e. The predicted molar refractivity (Wildman–Crippen MR) is 64.5 cm³/mol. The first-order valence-corrected chi connectivity index (χ1v) is 6.39. The van der Waals surface area contributed by atoms with Gasteiger partial charge in [0.1, 0.15) is 17.4 Å². The Hall–Kier alpha value is -1.04. The molecule has 1 aromatic rings. The Labute approximate surface area is 103 Å². The summed E-state index contributed by atoms with van der Waals surface area (Å²) in [6, 6.07) is 9.53. The molecule has 0 saturated carbocycles. The molecule has 0 unspecified atom stereocenters. The summed E-state index contributed by atoms with van der Waals surface area (Å²) >= 11 is 1.58. The van der Waals surface area contributed by atoms with Crippen LogP contribution in [0, 0.1) is 0 Å². The van der Waals surface area contributed by atoms with Gasteiger partial charge in [-0.25, -0.2) is 0 Å². The second-order valence-electron chi connectivity index (χ2n) is 4.34. The minimum Gasteiger partial charge on any atom is -0.463 e. The number of hydrogen-bond acceptors (Lipinski definition) is 5. The number of carbonyl (C=O) groups excluding carboxylic acids is 1. The van der Waals surface area contributed by atoms with Crippen molar-refractivity contribution in [1.82, 2.24) is 5.32 Å². The van der Waals surface area contributed by atoms with Gasteiger partial charge >= 0.3 is 5.97 Å². The first-order chi connectivity index (χ1) is 8.25. The van der Waals surface area contributed by atoms with E-state index in [-0.39, 0.29) is 24.6 Å². The first kappa shape index (κ1) is 11.1.